The van der Waals surface area contributed by atoms with Crippen LogP contribution in [-0.4, -0.2) is 70.7 Å². The molecule has 1 saturated heterocycles. The number of hydrogen-bond acceptors (Lipinski definition) is 10. The summed E-state index contributed by atoms with van der Waals surface area (Å²) in [6.45, 7) is 20.3. The van der Waals surface area contributed by atoms with Crippen LogP contribution in [0.25, 0.3) is 0 Å². The fraction of sp³-hybridized carbons (Fsp3) is 0.760. The van der Waals surface area contributed by atoms with Crippen molar-refractivity contribution in [1.82, 2.24) is 0 Å². The Morgan fingerprint density at radius 3 is 1.73 bits per heavy atom. The second-order valence-electron chi connectivity index (χ2n) is 20.5. The van der Waals surface area contributed by atoms with Crippen molar-refractivity contribution in [3.63, 3.8) is 0 Å². The number of fused-ring (bicyclic) bond motifs is 2. The summed E-state index contributed by atoms with van der Waals surface area (Å²) in [5.74, 6) is 0.0528. The summed E-state index contributed by atoms with van der Waals surface area (Å²) in [6.07, 6.45) is 15.2. The van der Waals surface area contributed by atoms with Crippen LogP contribution in [0.2, 0.25) is 0 Å². The second-order valence-corrected chi connectivity index (χ2v) is 20.5. The van der Waals surface area contributed by atoms with Gasteiger partial charge in [0.25, 0.3) is 0 Å². The van der Waals surface area contributed by atoms with E-state index >= 15 is 0 Å². The van der Waals surface area contributed by atoms with Crippen LogP contribution in [0, 0.1) is 58.2 Å². The molecule has 0 saturated carbocycles. The van der Waals surface area contributed by atoms with E-state index in [4.69, 9.17) is 18.9 Å². The van der Waals surface area contributed by atoms with Gasteiger partial charge in [-0.05, 0) is 132 Å². The molecule has 0 bridgehead atoms. The summed E-state index contributed by atoms with van der Waals surface area (Å²) in [7, 11) is 0. The first-order valence-corrected chi connectivity index (χ1v) is 23.2. The molecule has 0 aromatic heterocycles. The van der Waals surface area contributed by atoms with Crippen LogP contribution in [0.1, 0.15) is 146 Å². The second kappa shape index (κ2) is 20.3. The molecular weight excluding hydrogens is 761 g/mol. The van der Waals surface area contributed by atoms with Crippen LogP contribution in [0.3, 0.4) is 0 Å². The minimum atomic E-state index is -1.11. The third kappa shape index (κ3) is 12.0. The third-order valence-electron chi connectivity index (χ3n) is 14.7. The smallest absolute Gasteiger partial charge is 0.311 e. The van der Waals surface area contributed by atoms with Gasteiger partial charge in [-0.2, -0.15) is 0 Å². The maximum Gasteiger partial charge on any atom is 0.311 e. The Bertz CT molecular complexity index is 1650. The van der Waals surface area contributed by atoms with E-state index in [-0.39, 0.29) is 90.8 Å². The van der Waals surface area contributed by atoms with E-state index in [1.165, 1.54) is 11.1 Å². The predicted octanol–water partition coefficient (Wildman–Crippen LogP) is 9.17. The van der Waals surface area contributed by atoms with Gasteiger partial charge < -0.3 is 29.2 Å². The van der Waals surface area contributed by atoms with Crippen molar-refractivity contribution >= 4 is 23.9 Å². The van der Waals surface area contributed by atoms with Crippen LogP contribution in [0.5, 0.6) is 0 Å². The fourth-order valence-corrected chi connectivity index (χ4v) is 10.1. The van der Waals surface area contributed by atoms with Gasteiger partial charge in [-0.15, -0.1) is 0 Å². The third-order valence-corrected chi connectivity index (χ3v) is 14.7. The highest BCUT2D eigenvalue weighted by molar-refractivity contribution is 5.76. The van der Waals surface area contributed by atoms with Crippen LogP contribution >= 0.6 is 0 Å². The van der Waals surface area contributed by atoms with Crippen LogP contribution in [-0.2, 0) is 38.1 Å². The normalized spacial score (nSPS) is 33.9. The molecular formula is C50H76O10. The number of aliphatic hydroxyl groups excluding tert-OH is 2. The highest BCUT2D eigenvalue weighted by Crippen LogP contribution is 2.47. The van der Waals surface area contributed by atoms with E-state index in [2.05, 4.69) is 64.2 Å². The summed E-state index contributed by atoms with van der Waals surface area (Å²) in [4.78, 5) is 52.3. The number of rotatable bonds is 17. The van der Waals surface area contributed by atoms with Gasteiger partial charge in [0.2, 0.25) is 0 Å². The van der Waals surface area contributed by atoms with Gasteiger partial charge in [0.15, 0.2) is 0 Å². The monoisotopic (exact) mass is 837 g/mol. The van der Waals surface area contributed by atoms with Gasteiger partial charge in [-0.3, -0.25) is 19.2 Å². The molecule has 2 N–H and O–H groups in total. The van der Waals surface area contributed by atoms with Crippen LogP contribution in [0.4, 0.5) is 0 Å². The van der Waals surface area contributed by atoms with Gasteiger partial charge in [-0.25, -0.2) is 0 Å². The molecule has 5 aliphatic rings. The predicted molar refractivity (Wildman–Crippen MR) is 231 cm³/mol. The minimum absolute atomic E-state index is 0.0194. The Labute approximate surface area is 360 Å². The van der Waals surface area contributed by atoms with E-state index in [1.54, 1.807) is 0 Å². The fourth-order valence-electron chi connectivity index (χ4n) is 10.1. The molecule has 10 heteroatoms. The van der Waals surface area contributed by atoms with Gasteiger partial charge in [0.1, 0.15) is 24.4 Å². The molecule has 0 radical (unpaired) electrons. The van der Waals surface area contributed by atoms with Crippen molar-refractivity contribution in [2.75, 3.05) is 0 Å². The van der Waals surface area contributed by atoms with Gasteiger partial charge >= 0.3 is 23.9 Å². The van der Waals surface area contributed by atoms with E-state index in [0.717, 1.165) is 19.3 Å². The zero-order valence-electron chi connectivity index (χ0n) is 38.2. The summed E-state index contributed by atoms with van der Waals surface area (Å²) in [5, 5.41) is 22.0. The molecule has 5 rings (SSSR count). The molecule has 4 aliphatic carbocycles. The lowest BCUT2D eigenvalue weighted by molar-refractivity contribution is -0.172. The number of carbonyl (C=O) groups is 4. The maximum atomic E-state index is 13.2. The molecule has 1 aliphatic heterocycles. The number of esters is 4. The first-order chi connectivity index (χ1) is 28.2. The topological polar surface area (TPSA) is 146 Å². The zero-order valence-corrected chi connectivity index (χ0v) is 38.2. The lowest BCUT2D eigenvalue weighted by atomic mass is 9.65. The number of aliphatic hydroxyl groups is 2. The van der Waals surface area contributed by atoms with Crippen molar-refractivity contribution < 1.29 is 48.3 Å². The average Bonchev–Trinajstić information content (AvgIpc) is 3.16. The maximum absolute atomic E-state index is 13.2. The summed E-state index contributed by atoms with van der Waals surface area (Å²) in [6, 6.07) is 0. The molecule has 60 heavy (non-hydrogen) atoms. The van der Waals surface area contributed by atoms with E-state index < -0.39 is 47.2 Å². The molecule has 1 heterocycles. The molecule has 0 aromatic rings. The SMILES string of the molecule is CCC(C)(C)C(=O)O[C@H]1C[C@@H](C)C=C2C=C[C@H](C)C(CCC(O)CC(O)CC(=O)OC3CC(=O)OC(CCC4[C@H](C)C=CC5=C[C@@H](C)C[C@@H](OC(=O)C(C)(C)CC)[C@H]54)C3)[C@H]21. The van der Waals surface area contributed by atoms with Gasteiger partial charge in [0.05, 0.1) is 35.9 Å². The quantitative estimate of drug-likeness (QED) is 0.107. The first-order valence-electron chi connectivity index (χ1n) is 23.2. The molecule has 1 fully saturated rings. The summed E-state index contributed by atoms with van der Waals surface area (Å²) in [5.41, 5.74) is 1.26. The standard InChI is InChI=1S/C50H76O10/c1-11-49(7,8)47(55)59-41-23-29(3)21-33-15-13-31(5)39(45(33)41)19-17-35(51)25-36(52)26-43(53)58-38-27-37(57-44(54)28-38)18-20-40-32(6)14-16-34-22-30(4)24-42(46(34)40)60-48(56)50(9,10)12-2/h13-16,21-22,29-32,35-42,45-46,51-52H,11-12,17-20,23-28H2,1-10H3/t29-,30+,31-,32+,35?,36?,37?,38?,39?,40?,41-,42+,45-,46+/m0/s1. The largest absolute Gasteiger partial charge is 0.462 e. The van der Waals surface area contributed by atoms with E-state index in [9.17, 15) is 29.4 Å². The highest BCUT2D eigenvalue weighted by atomic mass is 16.6. The Morgan fingerprint density at radius 2 is 1.23 bits per heavy atom. The molecule has 0 aromatic carbocycles. The lowest BCUT2D eigenvalue weighted by Crippen LogP contribution is -2.43. The number of ether oxygens (including phenoxy) is 4. The molecule has 336 valence electrons. The Morgan fingerprint density at radius 1 is 0.733 bits per heavy atom. The molecule has 10 nitrogen and oxygen atoms in total. The number of cyclic esters (lactones) is 1. The lowest BCUT2D eigenvalue weighted by Gasteiger charge is -2.44. The number of hydrogen-bond donors (Lipinski definition) is 2. The minimum Gasteiger partial charge on any atom is -0.462 e. The number of allylic oxidation sites excluding steroid dienone is 6. The van der Waals surface area contributed by atoms with Crippen molar-refractivity contribution in [1.29, 1.82) is 0 Å². The van der Waals surface area contributed by atoms with Crippen molar-refractivity contribution in [3.8, 4) is 0 Å². The van der Waals surface area contributed by atoms with Crippen molar-refractivity contribution in [3.05, 3.63) is 47.6 Å². The Hall–Kier alpha value is -3.24. The van der Waals surface area contributed by atoms with Crippen molar-refractivity contribution in [2.24, 2.45) is 58.2 Å². The summed E-state index contributed by atoms with van der Waals surface area (Å²) < 4.78 is 24.0. The Kier molecular flexibility index (Phi) is 16.2. The molecule has 0 spiro atoms. The zero-order chi connectivity index (χ0) is 44.1. The van der Waals surface area contributed by atoms with E-state index in [0.29, 0.717) is 38.5 Å². The van der Waals surface area contributed by atoms with E-state index in [1.807, 2.05) is 41.5 Å². The Balaban J connectivity index is 1.11. The first kappa shape index (κ1) is 47.8. The highest BCUT2D eigenvalue weighted by Gasteiger charge is 2.45. The van der Waals surface area contributed by atoms with Gasteiger partial charge in [-0.1, -0.05) is 78.0 Å². The molecule has 14 atom stereocenters. The van der Waals surface area contributed by atoms with Crippen LogP contribution in [0.15, 0.2) is 47.6 Å². The van der Waals surface area contributed by atoms with Crippen molar-refractivity contribution in [2.45, 2.75) is 183 Å². The molecule has 6 unspecified atom stereocenters. The van der Waals surface area contributed by atoms with Gasteiger partial charge in [0, 0.05) is 18.3 Å². The molecule has 0 amide bonds. The number of carbonyl (C=O) groups excluding carboxylic acids is 4. The average molecular weight is 837 g/mol. The summed E-state index contributed by atoms with van der Waals surface area (Å²) >= 11 is 0. The van der Waals surface area contributed by atoms with Crippen LogP contribution < -0.4 is 0 Å².